The van der Waals surface area contributed by atoms with Gasteiger partial charge in [-0.15, -0.1) is 11.3 Å². The van der Waals surface area contributed by atoms with E-state index in [4.69, 9.17) is 17.3 Å². The summed E-state index contributed by atoms with van der Waals surface area (Å²) < 4.78 is 0. The van der Waals surface area contributed by atoms with Crippen molar-refractivity contribution in [3.8, 4) is 0 Å². The third-order valence-electron chi connectivity index (χ3n) is 4.58. The molecular formula is C19H22ClN7O4S. The second kappa shape index (κ2) is 10.5. The average molecular weight is 480 g/mol. The molecule has 1 aliphatic heterocycles. The van der Waals surface area contributed by atoms with Crippen molar-refractivity contribution in [1.29, 1.82) is 0 Å². The number of likely N-dealkylation sites (N-methyl/N-ethyl adjacent to an activating group) is 1. The van der Waals surface area contributed by atoms with E-state index in [-0.39, 0.29) is 23.8 Å². The number of fused-ring (bicyclic) bond motifs is 1. The van der Waals surface area contributed by atoms with Gasteiger partial charge in [0.05, 0.1) is 16.8 Å². The number of anilines is 1. The highest BCUT2D eigenvalue weighted by Gasteiger charge is 2.24. The van der Waals surface area contributed by atoms with Crippen molar-refractivity contribution < 1.29 is 19.2 Å². The summed E-state index contributed by atoms with van der Waals surface area (Å²) in [5.41, 5.74) is 6.16. The minimum atomic E-state index is -0.960. The number of amides is 4. The zero-order valence-electron chi connectivity index (χ0n) is 17.2. The van der Waals surface area contributed by atoms with Gasteiger partial charge in [0.15, 0.2) is 5.01 Å². The maximum absolute atomic E-state index is 12.6. The van der Waals surface area contributed by atoms with Crippen LogP contribution in [0.25, 0.3) is 0 Å². The highest BCUT2D eigenvalue weighted by molar-refractivity contribution is 7.13. The monoisotopic (exact) mass is 479 g/mol. The molecule has 11 nitrogen and oxygen atoms in total. The van der Waals surface area contributed by atoms with Crippen LogP contribution in [-0.4, -0.2) is 64.7 Å². The number of thiazole rings is 1. The van der Waals surface area contributed by atoms with E-state index >= 15 is 0 Å². The number of nitrogens with zero attached hydrogens (tertiary/aromatic N) is 3. The number of hydrogen-bond donors (Lipinski definition) is 4. The number of carbonyl (C=O) groups is 4. The molecule has 1 aliphatic rings. The van der Waals surface area contributed by atoms with Crippen LogP contribution in [0.3, 0.4) is 0 Å². The SMILES string of the molecule is CN1CCc2nc(C(=O)NC(CNC(=O)C(=O)Nc3ccc(Cl)cn3)CC(N)=O)sc2C1. The number of nitrogens with one attached hydrogen (secondary N) is 3. The fourth-order valence-electron chi connectivity index (χ4n) is 3.00. The van der Waals surface area contributed by atoms with Crippen molar-refractivity contribution >= 4 is 52.4 Å². The number of halogens is 1. The van der Waals surface area contributed by atoms with Crippen LogP contribution in [0.5, 0.6) is 0 Å². The van der Waals surface area contributed by atoms with Crippen molar-refractivity contribution in [2.75, 3.05) is 25.5 Å². The zero-order chi connectivity index (χ0) is 23.3. The molecule has 0 spiro atoms. The van der Waals surface area contributed by atoms with Gasteiger partial charge in [-0.2, -0.15) is 0 Å². The predicted molar refractivity (Wildman–Crippen MR) is 118 cm³/mol. The lowest BCUT2D eigenvalue weighted by molar-refractivity contribution is -0.136. The lowest BCUT2D eigenvalue weighted by Crippen LogP contribution is -2.47. The van der Waals surface area contributed by atoms with E-state index in [1.54, 1.807) is 0 Å². The molecule has 0 bridgehead atoms. The molecule has 32 heavy (non-hydrogen) atoms. The molecule has 1 atom stereocenters. The predicted octanol–water partition coefficient (Wildman–Crippen LogP) is -0.0919. The summed E-state index contributed by atoms with van der Waals surface area (Å²) in [6.07, 6.45) is 1.86. The highest BCUT2D eigenvalue weighted by atomic mass is 35.5. The smallest absolute Gasteiger partial charge is 0.314 e. The summed E-state index contributed by atoms with van der Waals surface area (Å²) >= 11 is 7.02. The second-order valence-electron chi connectivity index (χ2n) is 7.24. The Morgan fingerprint density at radius 2 is 2.06 bits per heavy atom. The Labute approximate surface area is 192 Å². The van der Waals surface area contributed by atoms with E-state index < -0.39 is 29.7 Å². The molecule has 0 saturated heterocycles. The van der Waals surface area contributed by atoms with E-state index in [2.05, 4.69) is 30.8 Å². The minimum absolute atomic E-state index is 0.148. The first-order valence-electron chi connectivity index (χ1n) is 9.68. The first-order chi connectivity index (χ1) is 15.2. The zero-order valence-corrected chi connectivity index (χ0v) is 18.8. The molecule has 1 unspecified atom stereocenters. The van der Waals surface area contributed by atoms with Crippen molar-refractivity contribution in [3.63, 3.8) is 0 Å². The molecule has 0 aromatic carbocycles. The van der Waals surface area contributed by atoms with Crippen molar-refractivity contribution in [2.24, 2.45) is 5.73 Å². The van der Waals surface area contributed by atoms with E-state index in [0.29, 0.717) is 5.02 Å². The van der Waals surface area contributed by atoms with Crippen LogP contribution >= 0.6 is 22.9 Å². The fraction of sp³-hybridized carbons (Fsp3) is 0.368. The van der Waals surface area contributed by atoms with E-state index in [1.807, 2.05) is 7.05 Å². The third kappa shape index (κ3) is 6.45. The molecule has 13 heteroatoms. The summed E-state index contributed by atoms with van der Waals surface area (Å²) in [7, 11) is 1.99. The van der Waals surface area contributed by atoms with Gasteiger partial charge in [0.2, 0.25) is 5.91 Å². The number of rotatable bonds is 7. The van der Waals surface area contributed by atoms with Crippen molar-refractivity contribution in [2.45, 2.75) is 25.4 Å². The molecule has 0 radical (unpaired) electrons. The standard InChI is InChI=1S/C19H22ClN7O4S/c1-27-5-4-12-13(9-27)32-19(25-12)18(31)24-11(6-14(21)28)8-23-16(29)17(30)26-15-3-2-10(20)7-22-15/h2-3,7,11H,4-6,8-9H2,1H3,(H2,21,28)(H,23,29)(H,24,31)(H,22,26,30). The number of pyridine rings is 1. The number of aromatic nitrogens is 2. The van der Waals surface area contributed by atoms with Crippen LogP contribution in [0.4, 0.5) is 5.82 Å². The van der Waals surface area contributed by atoms with Crippen LogP contribution in [0, 0.1) is 0 Å². The van der Waals surface area contributed by atoms with Gasteiger partial charge in [-0.05, 0) is 19.2 Å². The fourth-order valence-corrected chi connectivity index (χ4v) is 4.21. The molecule has 0 aliphatic carbocycles. The van der Waals surface area contributed by atoms with E-state index in [1.165, 1.54) is 29.7 Å². The Kier molecular flexibility index (Phi) is 7.72. The van der Waals surface area contributed by atoms with Gasteiger partial charge in [0, 0.05) is 43.5 Å². The van der Waals surface area contributed by atoms with Gasteiger partial charge in [0.1, 0.15) is 5.82 Å². The topological polar surface area (TPSA) is 159 Å². The molecule has 3 rings (SSSR count). The molecule has 4 amide bonds. The summed E-state index contributed by atoms with van der Waals surface area (Å²) in [5, 5.41) is 8.01. The molecular weight excluding hydrogens is 458 g/mol. The van der Waals surface area contributed by atoms with Gasteiger partial charge in [-0.3, -0.25) is 19.2 Å². The Hall–Kier alpha value is -3.09. The summed E-state index contributed by atoms with van der Waals surface area (Å²) in [5.74, 6) is -2.91. The van der Waals surface area contributed by atoms with Crippen molar-refractivity contribution in [1.82, 2.24) is 25.5 Å². The normalized spacial score (nSPS) is 14.2. The highest BCUT2D eigenvalue weighted by Crippen LogP contribution is 2.24. The van der Waals surface area contributed by atoms with Crippen LogP contribution < -0.4 is 21.7 Å². The molecule has 2 aromatic heterocycles. The van der Waals surface area contributed by atoms with E-state index in [0.717, 1.165) is 30.1 Å². The minimum Gasteiger partial charge on any atom is -0.370 e. The number of primary amides is 1. The second-order valence-corrected chi connectivity index (χ2v) is 8.76. The molecule has 0 fully saturated rings. The van der Waals surface area contributed by atoms with Crippen LogP contribution in [0.15, 0.2) is 18.3 Å². The van der Waals surface area contributed by atoms with Gasteiger partial charge < -0.3 is 26.6 Å². The Morgan fingerprint density at radius 1 is 1.28 bits per heavy atom. The molecule has 5 N–H and O–H groups in total. The van der Waals surface area contributed by atoms with Gasteiger partial charge >= 0.3 is 11.8 Å². The molecule has 3 heterocycles. The number of hydrogen-bond acceptors (Lipinski definition) is 8. The Balaban J connectivity index is 1.57. The van der Waals surface area contributed by atoms with Gasteiger partial charge in [-0.1, -0.05) is 11.6 Å². The number of nitrogens with two attached hydrogens (primary N) is 1. The molecule has 2 aromatic rings. The van der Waals surface area contributed by atoms with Crippen LogP contribution in [0.1, 0.15) is 26.8 Å². The van der Waals surface area contributed by atoms with Crippen LogP contribution in [0.2, 0.25) is 5.02 Å². The lowest BCUT2D eigenvalue weighted by Gasteiger charge is -2.20. The quantitative estimate of drug-likeness (QED) is 0.403. The Morgan fingerprint density at radius 3 is 2.75 bits per heavy atom. The molecule has 170 valence electrons. The Bertz CT molecular complexity index is 1030. The van der Waals surface area contributed by atoms with Crippen LogP contribution in [-0.2, 0) is 27.3 Å². The van der Waals surface area contributed by atoms with Crippen molar-refractivity contribution in [3.05, 3.63) is 38.9 Å². The first kappa shape index (κ1) is 23.6. The van der Waals surface area contributed by atoms with Gasteiger partial charge in [-0.25, -0.2) is 9.97 Å². The summed E-state index contributed by atoms with van der Waals surface area (Å²) in [4.78, 5) is 59.6. The average Bonchev–Trinajstić information content (AvgIpc) is 3.16. The largest absolute Gasteiger partial charge is 0.370 e. The van der Waals surface area contributed by atoms with Gasteiger partial charge in [0.25, 0.3) is 5.91 Å². The summed E-state index contributed by atoms with van der Waals surface area (Å²) in [6.45, 7) is 1.41. The summed E-state index contributed by atoms with van der Waals surface area (Å²) in [6, 6.07) is 2.14. The molecule has 0 saturated carbocycles. The maximum Gasteiger partial charge on any atom is 0.314 e. The number of carbonyl (C=O) groups excluding carboxylic acids is 4. The first-order valence-corrected chi connectivity index (χ1v) is 10.9. The third-order valence-corrected chi connectivity index (χ3v) is 5.89. The van der Waals surface area contributed by atoms with E-state index in [9.17, 15) is 19.2 Å². The lowest BCUT2D eigenvalue weighted by atomic mass is 10.2. The maximum atomic E-state index is 12.6.